The largest absolute Gasteiger partial charge is 0.439 e. The Morgan fingerprint density at radius 1 is 1.47 bits per heavy atom. The van der Waals surface area contributed by atoms with Gasteiger partial charge in [-0.25, -0.2) is 4.98 Å². The minimum atomic E-state index is 0.441. The lowest BCUT2D eigenvalue weighted by Gasteiger charge is -1.99. The molecule has 1 fully saturated rings. The minimum Gasteiger partial charge on any atom is -0.439 e. The van der Waals surface area contributed by atoms with Crippen LogP contribution < -0.4 is 0 Å². The molecule has 0 amide bonds. The Bertz CT molecular complexity index is 490. The van der Waals surface area contributed by atoms with E-state index in [1.165, 1.54) is 18.6 Å². The minimum absolute atomic E-state index is 0.441. The van der Waals surface area contributed by atoms with Crippen molar-refractivity contribution in [3.8, 4) is 0 Å². The molecule has 1 aliphatic rings. The van der Waals surface area contributed by atoms with Crippen LogP contribution in [0, 0.1) is 0 Å². The summed E-state index contributed by atoms with van der Waals surface area (Å²) in [6, 6.07) is 5.57. The standard InChI is InChI=1S/C11H10ClNOS/c12-7-3-4-9-8(6-7)13-11(14-9)10-2-1-5-15-10/h3-4,6,10H,1-2,5H2. The molecule has 3 rings (SSSR count). The van der Waals surface area contributed by atoms with Crippen molar-refractivity contribution >= 4 is 34.5 Å². The lowest BCUT2D eigenvalue weighted by molar-refractivity contribution is 0.519. The van der Waals surface area contributed by atoms with Crippen molar-refractivity contribution in [1.29, 1.82) is 0 Å². The topological polar surface area (TPSA) is 26.0 Å². The Balaban J connectivity index is 2.05. The van der Waals surface area contributed by atoms with Gasteiger partial charge in [-0.15, -0.1) is 11.8 Å². The zero-order valence-corrected chi connectivity index (χ0v) is 9.64. The van der Waals surface area contributed by atoms with Gasteiger partial charge in [0.25, 0.3) is 0 Å². The van der Waals surface area contributed by atoms with Crippen LogP contribution in [0.25, 0.3) is 11.1 Å². The second-order valence-corrected chi connectivity index (χ2v) is 5.41. The van der Waals surface area contributed by atoms with Gasteiger partial charge in [0.05, 0.1) is 5.25 Å². The van der Waals surface area contributed by atoms with Crippen LogP contribution in [0.5, 0.6) is 0 Å². The number of aromatic nitrogens is 1. The second kappa shape index (κ2) is 3.72. The van der Waals surface area contributed by atoms with Crippen molar-refractivity contribution in [2.75, 3.05) is 5.75 Å². The average Bonchev–Trinajstić information content (AvgIpc) is 2.84. The van der Waals surface area contributed by atoms with Gasteiger partial charge in [-0.1, -0.05) is 11.6 Å². The Labute approximate surface area is 97.0 Å². The summed E-state index contributed by atoms with van der Waals surface area (Å²) >= 11 is 7.83. The molecule has 0 aliphatic carbocycles. The van der Waals surface area contributed by atoms with Gasteiger partial charge in [0.1, 0.15) is 5.52 Å². The fraction of sp³-hybridized carbons (Fsp3) is 0.364. The Hall–Kier alpha value is -0.670. The number of oxazole rings is 1. The van der Waals surface area contributed by atoms with E-state index in [9.17, 15) is 0 Å². The van der Waals surface area contributed by atoms with Crippen molar-refractivity contribution in [2.45, 2.75) is 18.1 Å². The molecular weight excluding hydrogens is 230 g/mol. The first kappa shape index (κ1) is 9.55. The number of fused-ring (bicyclic) bond motifs is 1. The van der Waals surface area contributed by atoms with E-state index < -0.39 is 0 Å². The van der Waals surface area contributed by atoms with E-state index >= 15 is 0 Å². The van der Waals surface area contributed by atoms with Gasteiger partial charge in [-0.05, 0) is 36.8 Å². The normalized spacial score (nSPS) is 21.3. The van der Waals surface area contributed by atoms with Gasteiger partial charge in [-0.2, -0.15) is 0 Å². The highest BCUT2D eigenvalue weighted by Gasteiger charge is 2.22. The van der Waals surface area contributed by atoms with Gasteiger partial charge < -0.3 is 4.42 Å². The molecule has 15 heavy (non-hydrogen) atoms. The second-order valence-electron chi connectivity index (χ2n) is 3.67. The summed E-state index contributed by atoms with van der Waals surface area (Å²) in [6.07, 6.45) is 2.43. The van der Waals surface area contributed by atoms with Gasteiger partial charge >= 0.3 is 0 Å². The maximum atomic E-state index is 5.90. The van der Waals surface area contributed by atoms with Gasteiger partial charge in [0.2, 0.25) is 5.89 Å². The third-order valence-electron chi connectivity index (χ3n) is 2.57. The SMILES string of the molecule is Clc1ccc2oc(C3CCCS3)nc2c1. The lowest BCUT2D eigenvalue weighted by atomic mass is 10.2. The first-order valence-electron chi connectivity index (χ1n) is 5.00. The third kappa shape index (κ3) is 1.74. The smallest absolute Gasteiger partial charge is 0.208 e. The van der Waals surface area contributed by atoms with Crippen molar-refractivity contribution in [1.82, 2.24) is 4.98 Å². The van der Waals surface area contributed by atoms with E-state index in [0.29, 0.717) is 10.3 Å². The molecule has 0 bridgehead atoms. The van der Waals surface area contributed by atoms with Crippen molar-refractivity contribution in [2.24, 2.45) is 0 Å². The number of hydrogen-bond acceptors (Lipinski definition) is 3. The molecule has 1 aromatic carbocycles. The Morgan fingerprint density at radius 3 is 3.20 bits per heavy atom. The van der Waals surface area contributed by atoms with Crippen LogP contribution in [0.4, 0.5) is 0 Å². The van der Waals surface area contributed by atoms with E-state index in [1.807, 2.05) is 30.0 Å². The summed E-state index contributed by atoms with van der Waals surface area (Å²) in [7, 11) is 0. The van der Waals surface area contributed by atoms with Crippen LogP contribution >= 0.6 is 23.4 Å². The highest BCUT2D eigenvalue weighted by atomic mass is 35.5. The van der Waals surface area contributed by atoms with Gasteiger partial charge in [-0.3, -0.25) is 0 Å². The van der Waals surface area contributed by atoms with E-state index in [1.54, 1.807) is 0 Å². The summed E-state index contributed by atoms with van der Waals surface area (Å²) in [5.41, 5.74) is 1.70. The highest BCUT2D eigenvalue weighted by molar-refractivity contribution is 7.99. The van der Waals surface area contributed by atoms with E-state index in [-0.39, 0.29) is 0 Å². The third-order valence-corrected chi connectivity index (χ3v) is 4.17. The first-order valence-corrected chi connectivity index (χ1v) is 6.43. The maximum absolute atomic E-state index is 5.90. The molecule has 78 valence electrons. The average molecular weight is 240 g/mol. The molecule has 2 aromatic rings. The number of benzene rings is 1. The van der Waals surface area contributed by atoms with Crippen LogP contribution in [-0.4, -0.2) is 10.7 Å². The molecule has 1 aliphatic heterocycles. The molecule has 1 unspecified atom stereocenters. The molecule has 2 heterocycles. The number of thioether (sulfide) groups is 1. The van der Waals surface area contributed by atoms with E-state index in [0.717, 1.165) is 17.0 Å². The molecule has 0 N–H and O–H groups in total. The van der Waals surface area contributed by atoms with Crippen LogP contribution in [0.2, 0.25) is 5.02 Å². The Kier molecular flexibility index (Phi) is 2.37. The van der Waals surface area contributed by atoms with Crippen LogP contribution in [0.15, 0.2) is 22.6 Å². The van der Waals surface area contributed by atoms with Gasteiger partial charge in [0.15, 0.2) is 5.58 Å². The number of halogens is 1. The number of hydrogen-bond donors (Lipinski definition) is 0. The maximum Gasteiger partial charge on any atom is 0.208 e. The molecule has 0 radical (unpaired) electrons. The van der Waals surface area contributed by atoms with Crippen molar-refractivity contribution < 1.29 is 4.42 Å². The zero-order chi connectivity index (χ0) is 10.3. The highest BCUT2D eigenvalue weighted by Crippen LogP contribution is 2.40. The first-order chi connectivity index (χ1) is 7.33. The quantitative estimate of drug-likeness (QED) is 0.751. The Morgan fingerprint density at radius 2 is 2.40 bits per heavy atom. The van der Waals surface area contributed by atoms with E-state index in [4.69, 9.17) is 16.0 Å². The molecule has 0 saturated carbocycles. The van der Waals surface area contributed by atoms with Crippen LogP contribution in [-0.2, 0) is 0 Å². The fourth-order valence-electron chi connectivity index (χ4n) is 1.83. The van der Waals surface area contributed by atoms with E-state index in [2.05, 4.69) is 4.98 Å². The molecule has 1 saturated heterocycles. The zero-order valence-electron chi connectivity index (χ0n) is 8.07. The molecule has 0 spiro atoms. The summed E-state index contributed by atoms with van der Waals surface area (Å²) in [6.45, 7) is 0. The molecule has 1 atom stereocenters. The predicted octanol–water partition coefficient (Wildman–Crippen LogP) is 4.05. The molecule has 1 aromatic heterocycles. The van der Waals surface area contributed by atoms with Gasteiger partial charge in [0, 0.05) is 5.02 Å². The molecule has 4 heteroatoms. The van der Waals surface area contributed by atoms with Crippen molar-refractivity contribution in [3.63, 3.8) is 0 Å². The lowest BCUT2D eigenvalue weighted by Crippen LogP contribution is -1.86. The number of rotatable bonds is 1. The molecular formula is C11H10ClNOS. The van der Waals surface area contributed by atoms with Crippen LogP contribution in [0.3, 0.4) is 0 Å². The van der Waals surface area contributed by atoms with Crippen LogP contribution in [0.1, 0.15) is 24.0 Å². The summed E-state index contributed by atoms with van der Waals surface area (Å²) in [5, 5.41) is 1.15. The van der Waals surface area contributed by atoms with Crippen molar-refractivity contribution in [3.05, 3.63) is 29.1 Å². The number of nitrogens with zero attached hydrogens (tertiary/aromatic N) is 1. The predicted molar refractivity (Wildman–Crippen MR) is 63.5 cm³/mol. The summed E-state index contributed by atoms with van der Waals surface area (Å²) in [4.78, 5) is 4.48. The summed E-state index contributed by atoms with van der Waals surface area (Å²) < 4.78 is 5.72. The monoisotopic (exact) mass is 239 g/mol. The fourth-order valence-corrected chi connectivity index (χ4v) is 3.19. The summed E-state index contributed by atoms with van der Waals surface area (Å²) in [5.74, 6) is 2.07. The molecule has 2 nitrogen and oxygen atoms in total.